The average Bonchev–Trinajstić information content (AvgIpc) is 2.43. The molecule has 0 fully saturated rings. The van der Waals surface area contributed by atoms with Crippen LogP contribution in [0.5, 0.6) is 5.75 Å². The van der Waals surface area contributed by atoms with Gasteiger partial charge in [-0.15, -0.1) is 0 Å². The van der Waals surface area contributed by atoms with E-state index in [1.807, 2.05) is 31.2 Å². The van der Waals surface area contributed by atoms with Crippen molar-refractivity contribution in [2.24, 2.45) is 0 Å². The summed E-state index contributed by atoms with van der Waals surface area (Å²) >= 11 is 5.82. The number of halogens is 1. The number of ether oxygens (including phenoxy) is 1. The van der Waals surface area contributed by atoms with Crippen LogP contribution in [0.15, 0.2) is 30.5 Å². The fourth-order valence-corrected chi connectivity index (χ4v) is 1.78. The van der Waals surface area contributed by atoms with Crippen molar-refractivity contribution in [3.63, 3.8) is 0 Å². The topological polar surface area (TPSA) is 47.0 Å². The zero-order valence-corrected chi connectivity index (χ0v) is 12.6. The first-order valence-corrected chi connectivity index (χ1v) is 6.99. The monoisotopic (exact) mass is 291 g/mol. The molecule has 1 aromatic heterocycles. The molecule has 4 nitrogen and oxygen atoms in total. The first kappa shape index (κ1) is 14.6. The summed E-state index contributed by atoms with van der Waals surface area (Å²) in [5.41, 5.74) is 1.84. The molecule has 0 spiro atoms. The number of nitrogens with one attached hydrogen (secondary N) is 1. The predicted octanol–water partition coefficient (Wildman–Crippen LogP) is 4.36. The summed E-state index contributed by atoms with van der Waals surface area (Å²) in [6.45, 7) is 6.08. The quantitative estimate of drug-likeness (QED) is 0.832. The molecule has 2 aromatic rings. The van der Waals surface area contributed by atoms with Crippen molar-refractivity contribution < 1.29 is 4.74 Å². The second-order valence-electron chi connectivity index (χ2n) is 4.66. The highest BCUT2D eigenvalue weighted by Gasteiger charge is 2.05. The van der Waals surface area contributed by atoms with Gasteiger partial charge < -0.3 is 10.1 Å². The smallest absolute Gasteiger partial charge is 0.224 e. The van der Waals surface area contributed by atoms with Crippen LogP contribution < -0.4 is 10.1 Å². The molecule has 0 saturated heterocycles. The van der Waals surface area contributed by atoms with Crippen LogP contribution >= 0.6 is 11.6 Å². The number of benzene rings is 1. The maximum Gasteiger partial charge on any atom is 0.224 e. The summed E-state index contributed by atoms with van der Waals surface area (Å²) < 4.78 is 5.80. The van der Waals surface area contributed by atoms with Gasteiger partial charge in [-0.25, -0.2) is 9.97 Å². The van der Waals surface area contributed by atoms with Crippen LogP contribution in [0.2, 0.25) is 5.28 Å². The Balaban J connectivity index is 2.17. The van der Waals surface area contributed by atoms with Gasteiger partial charge in [-0.3, -0.25) is 0 Å². The second kappa shape index (κ2) is 6.57. The van der Waals surface area contributed by atoms with E-state index in [9.17, 15) is 0 Å². The minimum absolute atomic E-state index is 0.195. The van der Waals surface area contributed by atoms with Crippen LogP contribution in [-0.4, -0.2) is 16.1 Å². The number of hydrogen-bond acceptors (Lipinski definition) is 4. The van der Waals surface area contributed by atoms with Crippen LogP contribution in [0.1, 0.15) is 25.8 Å². The van der Waals surface area contributed by atoms with Crippen molar-refractivity contribution in [1.82, 2.24) is 9.97 Å². The summed E-state index contributed by atoms with van der Waals surface area (Å²) in [4.78, 5) is 8.12. The Bertz CT molecular complexity index is 589. The summed E-state index contributed by atoms with van der Waals surface area (Å²) in [7, 11) is 0. The summed E-state index contributed by atoms with van der Waals surface area (Å²) in [6.07, 6.45) is 2.86. The third-order valence-corrected chi connectivity index (χ3v) is 3.13. The van der Waals surface area contributed by atoms with E-state index < -0.39 is 0 Å². The fraction of sp³-hybridized carbons (Fsp3) is 0.333. The molecule has 1 N–H and O–H groups in total. The van der Waals surface area contributed by atoms with Gasteiger partial charge in [0, 0.05) is 23.5 Å². The lowest BCUT2D eigenvalue weighted by Gasteiger charge is -2.14. The van der Waals surface area contributed by atoms with Gasteiger partial charge in [0.25, 0.3) is 0 Å². The minimum Gasteiger partial charge on any atom is -0.491 e. The predicted molar refractivity (Wildman–Crippen MR) is 81.9 cm³/mol. The van der Waals surface area contributed by atoms with E-state index in [1.54, 1.807) is 6.20 Å². The Kier molecular flexibility index (Phi) is 4.79. The third-order valence-electron chi connectivity index (χ3n) is 2.95. The largest absolute Gasteiger partial charge is 0.491 e. The van der Waals surface area contributed by atoms with E-state index in [1.165, 1.54) is 0 Å². The van der Waals surface area contributed by atoms with Gasteiger partial charge in [0.1, 0.15) is 11.6 Å². The van der Waals surface area contributed by atoms with E-state index in [4.69, 9.17) is 16.3 Å². The van der Waals surface area contributed by atoms with Gasteiger partial charge in [0.2, 0.25) is 5.28 Å². The highest BCUT2D eigenvalue weighted by atomic mass is 35.5. The molecule has 5 heteroatoms. The van der Waals surface area contributed by atoms with Gasteiger partial charge in [-0.05, 0) is 44.0 Å². The van der Waals surface area contributed by atoms with Gasteiger partial charge >= 0.3 is 0 Å². The van der Waals surface area contributed by atoms with Crippen LogP contribution in [0.3, 0.4) is 0 Å². The molecular weight excluding hydrogens is 274 g/mol. The maximum absolute atomic E-state index is 5.82. The van der Waals surface area contributed by atoms with Crippen LogP contribution in [0.25, 0.3) is 0 Å². The zero-order chi connectivity index (χ0) is 14.5. The molecule has 1 atom stereocenters. The van der Waals surface area contributed by atoms with Crippen LogP contribution in [0, 0.1) is 6.92 Å². The molecule has 2 rings (SSSR count). The van der Waals surface area contributed by atoms with E-state index in [2.05, 4.69) is 29.1 Å². The molecule has 1 aromatic carbocycles. The van der Waals surface area contributed by atoms with Crippen molar-refractivity contribution >= 4 is 23.1 Å². The lowest BCUT2D eigenvalue weighted by molar-refractivity contribution is 0.217. The van der Waals surface area contributed by atoms with E-state index in [0.29, 0.717) is 5.82 Å². The number of anilines is 2. The third kappa shape index (κ3) is 3.84. The molecular formula is C15H18ClN3O. The van der Waals surface area contributed by atoms with Gasteiger partial charge in [0.05, 0.1) is 6.10 Å². The Hall–Kier alpha value is -1.81. The van der Waals surface area contributed by atoms with Crippen molar-refractivity contribution in [1.29, 1.82) is 0 Å². The number of nitrogens with zero attached hydrogens (tertiary/aromatic N) is 2. The number of aromatic nitrogens is 2. The molecule has 0 radical (unpaired) electrons. The van der Waals surface area contributed by atoms with Gasteiger partial charge in [-0.2, -0.15) is 0 Å². The Labute approximate surface area is 124 Å². The summed E-state index contributed by atoms with van der Waals surface area (Å²) in [5.74, 6) is 1.54. The van der Waals surface area contributed by atoms with Gasteiger partial charge in [0.15, 0.2) is 0 Å². The number of hydrogen-bond donors (Lipinski definition) is 1. The maximum atomic E-state index is 5.82. The van der Waals surface area contributed by atoms with Crippen LogP contribution in [-0.2, 0) is 0 Å². The number of rotatable bonds is 5. The Morgan fingerprint density at radius 3 is 2.95 bits per heavy atom. The first-order valence-electron chi connectivity index (χ1n) is 6.61. The van der Waals surface area contributed by atoms with Crippen molar-refractivity contribution in [3.05, 3.63) is 41.3 Å². The Morgan fingerprint density at radius 1 is 1.40 bits per heavy atom. The van der Waals surface area contributed by atoms with E-state index in [-0.39, 0.29) is 11.4 Å². The molecule has 1 heterocycles. The minimum atomic E-state index is 0.195. The number of aryl methyl sites for hydroxylation is 1. The standard InChI is InChI=1S/C15H18ClN3O/c1-4-11(3)20-13-7-5-6-12(8-13)18-14-10(2)9-17-15(16)19-14/h5-9,11H,4H2,1-3H3,(H,17,18,19). The van der Waals surface area contributed by atoms with Crippen molar-refractivity contribution in [2.75, 3.05) is 5.32 Å². The van der Waals surface area contributed by atoms with Crippen LogP contribution in [0.4, 0.5) is 11.5 Å². The molecule has 1 unspecified atom stereocenters. The lowest BCUT2D eigenvalue weighted by atomic mass is 10.2. The molecule has 0 aliphatic rings. The normalized spacial score (nSPS) is 12.0. The second-order valence-corrected chi connectivity index (χ2v) is 5.00. The van der Waals surface area contributed by atoms with E-state index >= 15 is 0 Å². The Morgan fingerprint density at radius 2 is 2.20 bits per heavy atom. The highest BCUT2D eigenvalue weighted by Crippen LogP contribution is 2.23. The zero-order valence-electron chi connectivity index (χ0n) is 11.9. The SMILES string of the molecule is CCC(C)Oc1cccc(Nc2nc(Cl)ncc2C)c1. The molecule has 0 saturated carbocycles. The van der Waals surface area contributed by atoms with E-state index in [0.717, 1.165) is 23.4 Å². The molecule has 0 bridgehead atoms. The molecule has 0 aliphatic carbocycles. The highest BCUT2D eigenvalue weighted by molar-refractivity contribution is 6.28. The molecule has 0 amide bonds. The molecule has 106 valence electrons. The first-order chi connectivity index (χ1) is 9.58. The lowest BCUT2D eigenvalue weighted by Crippen LogP contribution is -2.09. The van der Waals surface area contributed by atoms with Gasteiger partial charge in [-0.1, -0.05) is 13.0 Å². The van der Waals surface area contributed by atoms with Crippen molar-refractivity contribution in [2.45, 2.75) is 33.3 Å². The summed E-state index contributed by atoms with van der Waals surface area (Å²) in [5, 5.41) is 3.46. The fourth-order valence-electron chi connectivity index (χ4n) is 1.65. The van der Waals surface area contributed by atoms with Crippen molar-refractivity contribution in [3.8, 4) is 5.75 Å². The average molecular weight is 292 g/mol. The molecule has 20 heavy (non-hydrogen) atoms. The summed E-state index contributed by atoms with van der Waals surface area (Å²) in [6, 6.07) is 7.79. The molecule has 0 aliphatic heterocycles.